The molecule has 0 aliphatic carbocycles. The molecule has 3 rings (SSSR count). The van der Waals surface area contributed by atoms with Crippen molar-refractivity contribution in [3.63, 3.8) is 0 Å². The Morgan fingerprint density at radius 3 is 3.00 bits per heavy atom. The Labute approximate surface area is 116 Å². The van der Waals surface area contributed by atoms with E-state index >= 15 is 0 Å². The SMILES string of the molecule is CC1COCCN1c1nc2ccccc2cc1C(=O)O. The zero-order valence-corrected chi connectivity index (χ0v) is 11.2. The first-order valence-corrected chi connectivity index (χ1v) is 6.64. The normalized spacial score (nSPS) is 19.2. The quantitative estimate of drug-likeness (QED) is 0.907. The maximum absolute atomic E-state index is 11.5. The van der Waals surface area contributed by atoms with Crippen LogP contribution in [0.15, 0.2) is 30.3 Å². The first kappa shape index (κ1) is 12.9. The van der Waals surface area contributed by atoms with Gasteiger partial charge in [-0.2, -0.15) is 0 Å². The van der Waals surface area contributed by atoms with Gasteiger partial charge in [0.25, 0.3) is 0 Å². The summed E-state index contributed by atoms with van der Waals surface area (Å²) in [5, 5.41) is 10.3. The molecule has 1 fully saturated rings. The number of para-hydroxylation sites is 1. The van der Waals surface area contributed by atoms with Gasteiger partial charge in [0.1, 0.15) is 11.4 Å². The molecule has 104 valence electrons. The van der Waals surface area contributed by atoms with Crippen molar-refractivity contribution >= 4 is 22.7 Å². The number of rotatable bonds is 2. The highest BCUT2D eigenvalue weighted by Gasteiger charge is 2.25. The lowest BCUT2D eigenvalue weighted by Crippen LogP contribution is -2.44. The van der Waals surface area contributed by atoms with Gasteiger partial charge in [-0.1, -0.05) is 18.2 Å². The fraction of sp³-hybridized carbons (Fsp3) is 0.333. The molecule has 1 aromatic heterocycles. The zero-order valence-electron chi connectivity index (χ0n) is 11.2. The largest absolute Gasteiger partial charge is 0.478 e. The standard InChI is InChI=1S/C15H16N2O3/c1-10-9-20-7-6-17(10)14-12(15(18)19)8-11-4-2-3-5-13(11)16-14/h2-5,8,10H,6-7,9H2,1H3,(H,18,19). The number of aromatic nitrogens is 1. The van der Waals surface area contributed by atoms with Crippen molar-refractivity contribution in [1.29, 1.82) is 0 Å². The molecule has 0 bridgehead atoms. The van der Waals surface area contributed by atoms with Crippen molar-refractivity contribution in [1.82, 2.24) is 4.98 Å². The Morgan fingerprint density at radius 1 is 1.45 bits per heavy atom. The van der Waals surface area contributed by atoms with Crippen LogP contribution in [0.25, 0.3) is 10.9 Å². The number of nitrogens with zero attached hydrogens (tertiary/aromatic N) is 2. The Balaban J connectivity index is 2.16. The van der Waals surface area contributed by atoms with Gasteiger partial charge in [-0.15, -0.1) is 0 Å². The fourth-order valence-electron chi connectivity index (χ4n) is 2.52. The van der Waals surface area contributed by atoms with Gasteiger partial charge in [0.2, 0.25) is 0 Å². The number of hydrogen-bond donors (Lipinski definition) is 1. The van der Waals surface area contributed by atoms with Crippen molar-refractivity contribution in [2.45, 2.75) is 13.0 Å². The lowest BCUT2D eigenvalue weighted by atomic mass is 10.1. The van der Waals surface area contributed by atoms with Crippen LogP contribution in [0.3, 0.4) is 0 Å². The van der Waals surface area contributed by atoms with Crippen LogP contribution in [0, 0.1) is 0 Å². The summed E-state index contributed by atoms with van der Waals surface area (Å²) in [6, 6.07) is 9.38. The summed E-state index contributed by atoms with van der Waals surface area (Å²) in [7, 11) is 0. The second-order valence-corrected chi connectivity index (χ2v) is 4.97. The maximum atomic E-state index is 11.5. The third-order valence-corrected chi connectivity index (χ3v) is 3.57. The number of morpholine rings is 1. The topological polar surface area (TPSA) is 62.7 Å². The van der Waals surface area contributed by atoms with Gasteiger partial charge in [-0.25, -0.2) is 9.78 Å². The Hall–Kier alpha value is -2.14. The Kier molecular flexibility index (Phi) is 3.28. The highest BCUT2D eigenvalue weighted by molar-refractivity contribution is 5.98. The van der Waals surface area contributed by atoms with E-state index in [0.29, 0.717) is 25.6 Å². The molecule has 5 nitrogen and oxygen atoms in total. The molecule has 1 unspecified atom stereocenters. The number of benzene rings is 1. The van der Waals surface area contributed by atoms with E-state index in [4.69, 9.17) is 4.74 Å². The van der Waals surface area contributed by atoms with Gasteiger partial charge in [0.05, 0.1) is 24.8 Å². The van der Waals surface area contributed by atoms with E-state index in [1.807, 2.05) is 36.1 Å². The molecule has 0 spiro atoms. The second-order valence-electron chi connectivity index (χ2n) is 4.97. The average molecular weight is 272 g/mol. The third kappa shape index (κ3) is 2.20. The van der Waals surface area contributed by atoms with E-state index in [1.54, 1.807) is 6.07 Å². The molecular weight excluding hydrogens is 256 g/mol. The lowest BCUT2D eigenvalue weighted by Gasteiger charge is -2.35. The maximum Gasteiger partial charge on any atom is 0.339 e. The lowest BCUT2D eigenvalue weighted by molar-refractivity contribution is 0.0694. The minimum absolute atomic E-state index is 0.121. The number of anilines is 1. The van der Waals surface area contributed by atoms with Crippen molar-refractivity contribution in [3.05, 3.63) is 35.9 Å². The van der Waals surface area contributed by atoms with E-state index in [1.165, 1.54) is 0 Å². The fourth-order valence-corrected chi connectivity index (χ4v) is 2.52. The van der Waals surface area contributed by atoms with Gasteiger partial charge in [-0.05, 0) is 19.1 Å². The summed E-state index contributed by atoms with van der Waals surface area (Å²) in [6.07, 6.45) is 0. The van der Waals surface area contributed by atoms with Crippen LogP contribution in [0.5, 0.6) is 0 Å². The predicted molar refractivity (Wildman–Crippen MR) is 76.3 cm³/mol. The monoisotopic (exact) mass is 272 g/mol. The predicted octanol–water partition coefficient (Wildman–Crippen LogP) is 2.16. The van der Waals surface area contributed by atoms with Crippen LogP contribution in [0.1, 0.15) is 17.3 Å². The minimum atomic E-state index is -0.947. The molecule has 1 N–H and O–H groups in total. The van der Waals surface area contributed by atoms with E-state index in [0.717, 1.165) is 10.9 Å². The minimum Gasteiger partial charge on any atom is -0.478 e. The van der Waals surface area contributed by atoms with Crippen LogP contribution >= 0.6 is 0 Å². The summed E-state index contributed by atoms with van der Waals surface area (Å²) < 4.78 is 5.40. The summed E-state index contributed by atoms with van der Waals surface area (Å²) in [6.45, 7) is 3.86. The smallest absolute Gasteiger partial charge is 0.339 e. The van der Waals surface area contributed by atoms with Crippen LogP contribution < -0.4 is 4.90 Å². The van der Waals surface area contributed by atoms with Gasteiger partial charge in [-0.3, -0.25) is 0 Å². The highest BCUT2D eigenvalue weighted by Crippen LogP contribution is 2.26. The first-order chi connectivity index (χ1) is 9.66. The number of carbonyl (C=O) groups is 1. The molecule has 1 aromatic carbocycles. The summed E-state index contributed by atoms with van der Waals surface area (Å²) in [5.41, 5.74) is 1.06. The second kappa shape index (κ2) is 5.09. The number of carboxylic acids is 1. The third-order valence-electron chi connectivity index (χ3n) is 3.57. The van der Waals surface area contributed by atoms with Gasteiger partial charge >= 0.3 is 5.97 Å². The van der Waals surface area contributed by atoms with E-state index in [-0.39, 0.29) is 11.6 Å². The molecule has 1 aliphatic heterocycles. The molecule has 0 saturated carbocycles. The van der Waals surface area contributed by atoms with Gasteiger partial charge in [0.15, 0.2) is 0 Å². The summed E-state index contributed by atoms with van der Waals surface area (Å²) in [5.74, 6) is -0.413. The number of pyridine rings is 1. The van der Waals surface area contributed by atoms with Crippen molar-refractivity contribution in [2.75, 3.05) is 24.7 Å². The van der Waals surface area contributed by atoms with Crippen LogP contribution in [-0.2, 0) is 4.74 Å². The Bertz CT molecular complexity index is 657. The molecule has 2 aromatic rings. The molecule has 20 heavy (non-hydrogen) atoms. The van der Waals surface area contributed by atoms with Crippen LogP contribution in [0.2, 0.25) is 0 Å². The highest BCUT2D eigenvalue weighted by atomic mass is 16.5. The van der Waals surface area contributed by atoms with Crippen LogP contribution in [-0.4, -0.2) is 41.9 Å². The van der Waals surface area contributed by atoms with E-state index < -0.39 is 5.97 Å². The zero-order chi connectivity index (χ0) is 14.1. The molecule has 1 atom stereocenters. The molecule has 1 aliphatic rings. The average Bonchev–Trinajstić information content (AvgIpc) is 2.46. The number of fused-ring (bicyclic) bond motifs is 1. The molecular formula is C15H16N2O3. The van der Waals surface area contributed by atoms with Gasteiger partial charge in [0, 0.05) is 11.9 Å². The molecule has 2 heterocycles. The molecule has 0 amide bonds. The number of aromatic carboxylic acids is 1. The first-order valence-electron chi connectivity index (χ1n) is 6.64. The summed E-state index contributed by atoms with van der Waals surface area (Å²) in [4.78, 5) is 18.1. The number of ether oxygens (including phenoxy) is 1. The van der Waals surface area contributed by atoms with E-state index in [9.17, 15) is 9.90 Å². The van der Waals surface area contributed by atoms with Crippen molar-refractivity contribution in [2.24, 2.45) is 0 Å². The van der Waals surface area contributed by atoms with Crippen LogP contribution in [0.4, 0.5) is 5.82 Å². The molecule has 1 saturated heterocycles. The number of hydrogen-bond acceptors (Lipinski definition) is 4. The van der Waals surface area contributed by atoms with Gasteiger partial charge < -0.3 is 14.7 Å². The molecule has 0 radical (unpaired) electrons. The Morgan fingerprint density at radius 2 is 2.25 bits per heavy atom. The molecule has 5 heteroatoms. The number of carboxylic acid groups (broad SMARTS) is 1. The summed E-state index contributed by atoms with van der Waals surface area (Å²) >= 11 is 0. The van der Waals surface area contributed by atoms with E-state index in [2.05, 4.69) is 4.98 Å². The van der Waals surface area contributed by atoms with Crippen molar-refractivity contribution in [3.8, 4) is 0 Å². The van der Waals surface area contributed by atoms with Crippen molar-refractivity contribution < 1.29 is 14.6 Å².